The molecule has 1 amide bonds. The third kappa shape index (κ3) is 5.25. The van der Waals surface area contributed by atoms with Crippen LogP contribution in [0.1, 0.15) is 32.6 Å². The van der Waals surface area contributed by atoms with Crippen molar-refractivity contribution in [1.82, 2.24) is 15.1 Å². The fourth-order valence-electron chi connectivity index (χ4n) is 4.06. The van der Waals surface area contributed by atoms with Crippen LogP contribution in [0.4, 0.5) is 5.82 Å². The van der Waals surface area contributed by atoms with Crippen molar-refractivity contribution in [1.29, 1.82) is 0 Å². The molecule has 2 fully saturated rings. The Morgan fingerprint density at radius 2 is 1.77 bits per heavy atom. The molecule has 160 valence electrons. The molecule has 30 heavy (non-hydrogen) atoms. The molecule has 1 aliphatic carbocycles. The SMILES string of the molecule is CCOc1ccc(-c2ccc(N3CCN(C(=O)CSC4CCCC4)CC3)nn2)cc1. The molecule has 2 aliphatic rings. The normalized spacial score (nSPS) is 17.4. The molecule has 0 unspecified atom stereocenters. The Balaban J connectivity index is 1.27. The van der Waals surface area contributed by atoms with E-state index in [1.165, 1.54) is 25.7 Å². The Labute approximate surface area is 183 Å². The fourth-order valence-corrected chi connectivity index (χ4v) is 5.28. The topological polar surface area (TPSA) is 58.6 Å². The molecule has 6 nitrogen and oxygen atoms in total. The summed E-state index contributed by atoms with van der Waals surface area (Å²) < 4.78 is 5.49. The summed E-state index contributed by atoms with van der Waals surface area (Å²) in [5.74, 6) is 2.64. The number of carbonyl (C=O) groups excluding carboxylic acids is 1. The molecule has 0 bridgehead atoms. The number of carbonyl (C=O) groups is 1. The molecule has 0 N–H and O–H groups in total. The summed E-state index contributed by atoms with van der Waals surface area (Å²) >= 11 is 1.85. The fraction of sp³-hybridized carbons (Fsp3) is 0.522. The molecule has 1 aliphatic heterocycles. The second kappa shape index (κ2) is 10.2. The van der Waals surface area contributed by atoms with Gasteiger partial charge in [0.15, 0.2) is 5.82 Å². The highest BCUT2D eigenvalue weighted by molar-refractivity contribution is 8.00. The number of benzene rings is 1. The van der Waals surface area contributed by atoms with E-state index < -0.39 is 0 Å². The van der Waals surface area contributed by atoms with Crippen LogP contribution in [0.2, 0.25) is 0 Å². The number of aromatic nitrogens is 2. The summed E-state index contributed by atoms with van der Waals surface area (Å²) in [7, 11) is 0. The van der Waals surface area contributed by atoms with Gasteiger partial charge in [0.2, 0.25) is 5.91 Å². The zero-order valence-corrected chi connectivity index (χ0v) is 18.4. The van der Waals surface area contributed by atoms with Crippen molar-refractivity contribution in [3.63, 3.8) is 0 Å². The second-order valence-corrected chi connectivity index (χ2v) is 9.11. The van der Waals surface area contributed by atoms with Crippen LogP contribution in [0.25, 0.3) is 11.3 Å². The van der Waals surface area contributed by atoms with Crippen molar-refractivity contribution in [2.75, 3.05) is 43.4 Å². The van der Waals surface area contributed by atoms with E-state index in [2.05, 4.69) is 15.1 Å². The van der Waals surface area contributed by atoms with Gasteiger partial charge in [-0.1, -0.05) is 12.8 Å². The zero-order chi connectivity index (χ0) is 20.8. The molecule has 0 atom stereocenters. The van der Waals surface area contributed by atoms with E-state index in [9.17, 15) is 4.79 Å². The van der Waals surface area contributed by atoms with E-state index in [4.69, 9.17) is 4.74 Å². The van der Waals surface area contributed by atoms with Crippen LogP contribution in [-0.2, 0) is 4.79 Å². The van der Waals surface area contributed by atoms with E-state index in [1.807, 2.05) is 60.0 Å². The predicted molar refractivity (Wildman–Crippen MR) is 122 cm³/mol. The van der Waals surface area contributed by atoms with Gasteiger partial charge in [0.05, 0.1) is 18.1 Å². The molecular weight excluding hydrogens is 396 g/mol. The van der Waals surface area contributed by atoms with Gasteiger partial charge in [0.1, 0.15) is 5.75 Å². The van der Waals surface area contributed by atoms with Crippen molar-refractivity contribution in [3.05, 3.63) is 36.4 Å². The van der Waals surface area contributed by atoms with Crippen LogP contribution in [0, 0.1) is 0 Å². The molecule has 1 saturated heterocycles. The van der Waals surface area contributed by atoms with Gasteiger partial charge in [-0.15, -0.1) is 22.0 Å². The maximum absolute atomic E-state index is 12.5. The van der Waals surface area contributed by atoms with Crippen molar-refractivity contribution < 1.29 is 9.53 Å². The number of hydrogen-bond acceptors (Lipinski definition) is 6. The van der Waals surface area contributed by atoms with Gasteiger partial charge in [0.25, 0.3) is 0 Å². The first-order valence-electron chi connectivity index (χ1n) is 10.9. The summed E-state index contributed by atoms with van der Waals surface area (Å²) in [4.78, 5) is 16.7. The minimum atomic E-state index is 0.281. The number of thioether (sulfide) groups is 1. The highest BCUT2D eigenvalue weighted by Crippen LogP contribution is 2.29. The maximum Gasteiger partial charge on any atom is 0.232 e. The third-order valence-electron chi connectivity index (χ3n) is 5.81. The Kier molecular flexibility index (Phi) is 7.10. The summed E-state index contributed by atoms with van der Waals surface area (Å²) in [6, 6.07) is 11.9. The number of hydrogen-bond donors (Lipinski definition) is 0. The van der Waals surface area contributed by atoms with Crippen LogP contribution < -0.4 is 9.64 Å². The van der Waals surface area contributed by atoms with Crippen molar-refractivity contribution >= 4 is 23.5 Å². The van der Waals surface area contributed by atoms with Crippen LogP contribution in [0.3, 0.4) is 0 Å². The molecule has 1 aromatic carbocycles. The predicted octanol–water partition coefficient (Wildman–Crippen LogP) is 3.87. The molecule has 7 heteroatoms. The van der Waals surface area contributed by atoms with Crippen molar-refractivity contribution in [3.8, 4) is 17.0 Å². The lowest BCUT2D eigenvalue weighted by Gasteiger charge is -2.35. The molecule has 0 radical (unpaired) electrons. The van der Waals surface area contributed by atoms with Gasteiger partial charge in [-0.25, -0.2) is 0 Å². The molecule has 2 aromatic rings. The van der Waals surface area contributed by atoms with Crippen LogP contribution in [0.15, 0.2) is 36.4 Å². The lowest BCUT2D eigenvalue weighted by molar-refractivity contribution is -0.128. The van der Waals surface area contributed by atoms with Gasteiger partial charge >= 0.3 is 0 Å². The second-order valence-electron chi connectivity index (χ2n) is 7.82. The number of nitrogens with zero attached hydrogens (tertiary/aromatic N) is 4. The van der Waals surface area contributed by atoms with Gasteiger partial charge in [-0.05, 0) is 56.2 Å². The Bertz CT molecular complexity index is 814. The quantitative estimate of drug-likeness (QED) is 0.670. The Morgan fingerprint density at radius 3 is 2.40 bits per heavy atom. The van der Waals surface area contributed by atoms with Crippen molar-refractivity contribution in [2.24, 2.45) is 0 Å². The Hall–Kier alpha value is -2.28. The van der Waals surface area contributed by atoms with Crippen LogP contribution in [0.5, 0.6) is 5.75 Å². The molecule has 1 aromatic heterocycles. The first-order chi connectivity index (χ1) is 14.7. The monoisotopic (exact) mass is 426 g/mol. The average Bonchev–Trinajstić information content (AvgIpc) is 3.32. The first-order valence-corrected chi connectivity index (χ1v) is 12.0. The lowest BCUT2D eigenvalue weighted by Crippen LogP contribution is -2.49. The average molecular weight is 427 g/mol. The standard InChI is InChI=1S/C23H30N4O2S/c1-2-29-19-9-7-18(8-10-19)21-11-12-22(25-24-21)26-13-15-27(16-14-26)23(28)17-30-20-5-3-4-6-20/h7-12,20H,2-6,13-17H2,1H3. The lowest BCUT2D eigenvalue weighted by atomic mass is 10.1. The number of anilines is 1. The summed E-state index contributed by atoms with van der Waals surface area (Å²) in [5.41, 5.74) is 1.87. The van der Waals surface area contributed by atoms with Crippen molar-refractivity contribution in [2.45, 2.75) is 37.9 Å². The van der Waals surface area contributed by atoms with Gasteiger partial charge in [0, 0.05) is 37.0 Å². The molecular formula is C23H30N4O2S. The van der Waals surface area contributed by atoms with Gasteiger partial charge in [-0.3, -0.25) is 4.79 Å². The van der Waals surface area contributed by atoms with Gasteiger partial charge < -0.3 is 14.5 Å². The molecule has 4 rings (SSSR count). The number of amides is 1. The van der Waals surface area contributed by atoms with E-state index >= 15 is 0 Å². The first kappa shape index (κ1) is 21.0. The Morgan fingerprint density at radius 1 is 1.03 bits per heavy atom. The number of ether oxygens (including phenoxy) is 1. The largest absolute Gasteiger partial charge is 0.494 e. The highest BCUT2D eigenvalue weighted by Gasteiger charge is 2.24. The van der Waals surface area contributed by atoms with E-state index in [1.54, 1.807) is 0 Å². The minimum Gasteiger partial charge on any atom is -0.494 e. The maximum atomic E-state index is 12.5. The van der Waals surface area contributed by atoms with Gasteiger partial charge in [-0.2, -0.15) is 0 Å². The summed E-state index contributed by atoms with van der Waals surface area (Å²) in [5, 5.41) is 9.54. The number of rotatable bonds is 7. The number of piperazine rings is 1. The third-order valence-corrected chi connectivity index (χ3v) is 7.17. The molecule has 2 heterocycles. The summed E-state index contributed by atoms with van der Waals surface area (Å²) in [6.07, 6.45) is 5.19. The highest BCUT2D eigenvalue weighted by atomic mass is 32.2. The smallest absolute Gasteiger partial charge is 0.232 e. The van der Waals surface area contributed by atoms with Crippen LogP contribution >= 0.6 is 11.8 Å². The van der Waals surface area contributed by atoms with Crippen LogP contribution in [-0.4, -0.2) is 64.8 Å². The molecule has 1 saturated carbocycles. The van der Waals surface area contributed by atoms with E-state index in [-0.39, 0.29) is 5.91 Å². The van der Waals surface area contributed by atoms with E-state index in [0.717, 1.165) is 49.0 Å². The minimum absolute atomic E-state index is 0.281. The zero-order valence-electron chi connectivity index (χ0n) is 17.6. The summed E-state index contributed by atoms with van der Waals surface area (Å²) in [6.45, 7) is 5.75. The van der Waals surface area contributed by atoms with E-state index in [0.29, 0.717) is 17.6 Å². The molecule has 0 spiro atoms.